The Morgan fingerprint density at radius 2 is 1.76 bits per heavy atom. The van der Waals surface area contributed by atoms with Crippen LogP contribution in [-0.2, 0) is 11.4 Å². The summed E-state index contributed by atoms with van der Waals surface area (Å²) in [6.45, 7) is 2.17. The van der Waals surface area contributed by atoms with E-state index >= 15 is 0 Å². The number of nitrogens with zero attached hydrogens (tertiary/aromatic N) is 1. The Morgan fingerprint density at radius 1 is 0.946 bits per heavy atom. The van der Waals surface area contributed by atoms with Gasteiger partial charge in [-0.3, -0.25) is 9.59 Å². The molecule has 8 heteroatoms. The van der Waals surface area contributed by atoms with Crippen molar-refractivity contribution in [3.05, 3.63) is 95.4 Å². The zero-order valence-corrected chi connectivity index (χ0v) is 20.6. The summed E-state index contributed by atoms with van der Waals surface area (Å²) in [5, 5.41) is 8.84. The van der Waals surface area contributed by atoms with Gasteiger partial charge in [-0.25, -0.2) is 4.98 Å². The van der Waals surface area contributed by atoms with Gasteiger partial charge in [0, 0.05) is 23.6 Å². The number of carbonyl (C=O) groups excluding carboxylic acids is 1. The summed E-state index contributed by atoms with van der Waals surface area (Å²) >= 11 is 0. The van der Waals surface area contributed by atoms with E-state index < -0.39 is 5.97 Å². The van der Waals surface area contributed by atoms with E-state index in [0.29, 0.717) is 52.1 Å². The van der Waals surface area contributed by atoms with Crippen LogP contribution in [0.3, 0.4) is 0 Å². The number of aryl methyl sites for hydroxylation is 1. The average Bonchev–Trinajstić information content (AvgIpc) is 3.30. The van der Waals surface area contributed by atoms with Crippen molar-refractivity contribution in [3.8, 4) is 28.7 Å². The number of aliphatic carboxylic acids is 1. The third-order valence-electron chi connectivity index (χ3n) is 5.61. The van der Waals surface area contributed by atoms with E-state index in [9.17, 15) is 9.59 Å². The van der Waals surface area contributed by atoms with Crippen LogP contribution < -0.4 is 14.2 Å². The molecule has 8 nitrogen and oxygen atoms in total. The Kier molecular flexibility index (Phi) is 8.20. The lowest BCUT2D eigenvalue weighted by Crippen LogP contribution is -2.08. The molecule has 190 valence electrons. The van der Waals surface area contributed by atoms with Crippen molar-refractivity contribution in [3.63, 3.8) is 0 Å². The van der Waals surface area contributed by atoms with Gasteiger partial charge in [0.1, 0.15) is 35.3 Å². The summed E-state index contributed by atoms with van der Waals surface area (Å²) in [7, 11) is 1.52. The maximum atomic E-state index is 13.4. The Morgan fingerprint density at radius 3 is 2.51 bits per heavy atom. The van der Waals surface area contributed by atoms with Crippen molar-refractivity contribution in [2.45, 2.75) is 26.4 Å². The number of rotatable bonds is 12. The van der Waals surface area contributed by atoms with E-state index in [1.54, 1.807) is 42.5 Å². The zero-order chi connectivity index (χ0) is 26.2. The Hall–Kier alpha value is -4.59. The molecule has 0 saturated carbocycles. The van der Waals surface area contributed by atoms with Gasteiger partial charge in [0.25, 0.3) is 0 Å². The molecule has 37 heavy (non-hydrogen) atoms. The summed E-state index contributed by atoms with van der Waals surface area (Å²) in [5.41, 5.74) is 2.31. The number of ketones is 1. The summed E-state index contributed by atoms with van der Waals surface area (Å²) < 4.78 is 22.7. The third-order valence-corrected chi connectivity index (χ3v) is 5.61. The molecule has 0 aliphatic heterocycles. The first-order valence-electron chi connectivity index (χ1n) is 11.8. The lowest BCUT2D eigenvalue weighted by atomic mass is 10.0. The Labute approximate surface area is 214 Å². The van der Waals surface area contributed by atoms with E-state index in [1.807, 2.05) is 37.3 Å². The molecule has 0 amide bonds. The molecule has 1 aromatic heterocycles. The number of hydrogen-bond acceptors (Lipinski definition) is 7. The molecule has 1 N–H and O–H groups in total. The van der Waals surface area contributed by atoms with Crippen molar-refractivity contribution in [2.24, 2.45) is 0 Å². The monoisotopic (exact) mass is 501 g/mol. The number of carbonyl (C=O) groups is 2. The van der Waals surface area contributed by atoms with Crippen LogP contribution in [0.25, 0.3) is 11.5 Å². The molecule has 0 atom stereocenters. The van der Waals surface area contributed by atoms with Crippen molar-refractivity contribution in [1.82, 2.24) is 4.98 Å². The summed E-state index contributed by atoms with van der Waals surface area (Å²) in [5.74, 6) is 1.38. The van der Waals surface area contributed by atoms with E-state index in [-0.39, 0.29) is 25.4 Å². The topological polar surface area (TPSA) is 108 Å². The number of carboxylic acids is 1. The highest BCUT2D eigenvalue weighted by Crippen LogP contribution is 2.29. The van der Waals surface area contributed by atoms with Gasteiger partial charge in [-0.1, -0.05) is 30.3 Å². The van der Waals surface area contributed by atoms with Gasteiger partial charge in [0.15, 0.2) is 5.78 Å². The first kappa shape index (κ1) is 25.5. The largest absolute Gasteiger partial charge is 0.497 e. The lowest BCUT2D eigenvalue weighted by Gasteiger charge is -2.13. The van der Waals surface area contributed by atoms with E-state index in [1.165, 1.54) is 7.11 Å². The number of aromatic nitrogens is 1. The summed E-state index contributed by atoms with van der Waals surface area (Å²) in [6, 6.07) is 21.4. The summed E-state index contributed by atoms with van der Waals surface area (Å²) in [6.07, 6.45) is 0.293. The van der Waals surface area contributed by atoms with Gasteiger partial charge in [-0.15, -0.1) is 0 Å². The number of oxazole rings is 1. The van der Waals surface area contributed by atoms with Crippen molar-refractivity contribution < 1.29 is 33.3 Å². The van der Waals surface area contributed by atoms with Crippen molar-refractivity contribution in [2.75, 3.05) is 13.7 Å². The quantitative estimate of drug-likeness (QED) is 0.194. The molecule has 4 rings (SSSR count). The molecule has 3 aromatic carbocycles. The normalized spacial score (nSPS) is 10.6. The Balaban J connectivity index is 1.48. The minimum Gasteiger partial charge on any atom is -0.497 e. The third kappa shape index (κ3) is 6.55. The molecule has 0 aliphatic carbocycles. The molecule has 0 radical (unpaired) electrons. The average molecular weight is 502 g/mol. The van der Waals surface area contributed by atoms with Gasteiger partial charge >= 0.3 is 5.97 Å². The second-order valence-corrected chi connectivity index (χ2v) is 8.24. The standard InChI is InChI=1S/C29H27NO7/c1-19-25(30-29(37-19)20-8-4-3-5-9-20)18-36-23-11-6-10-21(16-23)28(33)24-14-13-22(34-2)17-26(24)35-15-7-12-27(31)32/h3-6,8-11,13-14,16-17H,7,12,15,18H2,1-2H3,(H,31,32). The Bertz CT molecular complexity index is 1380. The lowest BCUT2D eigenvalue weighted by molar-refractivity contribution is -0.137. The fourth-order valence-electron chi connectivity index (χ4n) is 3.64. The smallest absolute Gasteiger partial charge is 0.303 e. The molecule has 0 spiro atoms. The van der Waals surface area contributed by atoms with Crippen LogP contribution in [0.1, 0.15) is 40.2 Å². The predicted octanol–water partition coefficient (Wildman–Crippen LogP) is 5.71. The highest BCUT2D eigenvalue weighted by molar-refractivity contribution is 6.11. The first-order chi connectivity index (χ1) is 17.9. The van der Waals surface area contributed by atoms with Crippen molar-refractivity contribution >= 4 is 11.8 Å². The molecule has 0 aliphatic rings. The van der Waals surface area contributed by atoms with Gasteiger partial charge in [0.05, 0.1) is 19.3 Å². The number of methoxy groups -OCH3 is 1. The van der Waals surface area contributed by atoms with Crippen LogP contribution >= 0.6 is 0 Å². The van der Waals surface area contributed by atoms with E-state index in [0.717, 1.165) is 5.56 Å². The van der Waals surface area contributed by atoms with Crippen LogP contribution in [0.2, 0.25) is 0 Å². The highest BCUT2D eigenvalue weighted by atomic mass is 16.5. The zero-order valence-electron chi connectivity index (χ0n) is 20.6. The highest BCUT2D eigenvalue weighted by Gasteiger charge is 2.18. The molecular weight excluding hydrogens is 474 g/mol. The fraction of sp³-hybridized carbons (Fsp3) is 0.207. The molecule has 1 heterocycles. The molecule has 0 unspecified atom stereocenters. The van der Waals surface area contributed by atoms with Gasteiger partial charge < -0.3 is 23.7 Å². The van der Waals surface area contributed by atoms with Crippen LogP contribution in [0.4, 0.5) is 0 Å². The van der Waals surface area contributed by atoms with Crippen molar-refractivity contribution in [1.29, 1.82) is 0 Å². The molecule has 0 bridgehead atoms. The first-order valence-corrected chi connectivity index (χ1v) is 11.8. The van der Waals surface area contributed by atoms with Crippen LogP contribution in [0.5, 0.6) is 17.2 Å². The number of carboxylic acid groups (broad SMARTS) is 1. The maximum Gasteiger partial charge on any atom is 0.303 e. The van der Waals surface area contributed by atoms with Crippen LogP contribution in [0.15, 0.2) is 77.2 Å². The summed E-state index contributed by atoms with van der Waals surface area (Å²) in [4.78, 5) is 28.7. The maximum absolute atomic E-state index is 13.4. The SMILES string of the molecule is COc1ccc(C(=O)c2cccc(OCc3nc(-c4ccccc4)oc3C)c2)c(OCCCC(=O)O)c1. The molecule has 0 saturated heterocycles. The van der Waals surface area contributed by atoms with E-state index in [4.69, 9.17) is 23.7 Å². The van der Waals surface area contributed by atoms with Gasteiger partial charge in [-0.05, 0) is 49.7 Å². The van der Waals surface area contributed by atoms with Gasteiger partial charge in [0.2, 0.25) is 5.89 Å². The van der Waals surface area contributed by atoms with Crippen LogP contribution in [0, 0.1) is 6.92 Å². The second-order valence-electron chi connectivity index (χ2n) is 8.24. The minimum absolute atomic E-state index is 0.0233. The number of hydrogen-bond donors (Lipinski definition) is 1. The predicted molar refractivity (Wildman–Crippen MR) is 136 cm³/mol. The minimum atomic E-state index is -0.903. The number of ether oxygens (including phenoxy) is 3. The van der Waals surface area contributed by atoms with Crippen LogP contribution in [-0.4, -0.2) is 35.6 Å². The fourth-order valence-corrected chi connectivity index (χ4v) is 3.64. The van der Waals surface area contributed by atoms with E-state index in [2.05, 4.69) is 4.98 Å². The molecule has 4 aromatic rings. The number of benzene rings is 3. The molecular formula is C29H27NO7. The van der Waals surface area contributed by atoms with Gasteiger partial charge in [-0.2, -0.15) is 0 Å². The molecule has 0 fully saturated rings. The second kappa shape index (κ2) is 11.9.